The van der Waals surface area contributed by atoms with Gasteiger partial charge < -0.3 is 14.6 Å². The average molecular weight is 313 g/mol. The summed E-state index contributed by atoms with van der Waals surface area (Å²) in [6.07, 6.45) is 2.11. The maximum absolute atomic E-state index is 10.8. The van der Waals surface area contributed by atoms with Crippen LogP contribution in [0.5, 0.6) is 5.75 Å². The van der Waals surface area contributed by atoms with Crippen LogP contribution in [0.4, 0.5) is 0 Å². The molecule has 1 heterocycles. The Labute approximate surface area is 147 Å². The van der Waals surface area contributed by atoms with E-state index in [0.29, 0.717) is 24.7 Å². The Kier molecular flexibility index (Phi) is 6.91. The molecule has 1 fully saturated rings. The number of halogens is 1. The number of aliphatic carboxylic acids is 1. The van der Waals surface area contributed by atoms with Crippen LogP contribution in [0.3, 0.4) is 0 Å². The van der Waals surface area contributed by atoms with Crippen LogP contribution in [0.15, 0.2) is 24.3 Å². The Balaban J connectivity index is 0.00000180. The Bertz CT molecular complexity index is 434. The Morgan fingerprint density at radius 2 is 2.21 bits per heavy atom. The number of hydrogen-bond acceptors (Lipinski definition) is 3. The summed E-state index contributed by atoms with van der Waals surface area (Å²) in [6, 6.07) is 7.21. The predicted molar refractivity (Wildman–Crippen MR) is 75.7 cm³/mol. The number of rotatable bonds is 7. The zero-order valence-corrected chi connectivity index (χ0v) is 10.7. The van der Waals surface area contributed by atoms with Gasteiger partial charge in [0, 0.05) is 5.02 Å². The van der Waals surface area contributed by atoms with Gasteiger partial charge in [0.05, 0.1) is 13.2 Å². The van der Waals surface area contributed by atoms with E-state index in [-0.39, 0.29) is 37.7 Å². The fourth-order valence-corrected chi connectivity index (χ4v) is 1.90. The van der Waals surface area contributed by atoms with E-state index in [1.54, 1.807) is 12.1 Å². The van der Waals surface area contributed by atoms with Gasteiger partial charge in [-0.1, -0.05) is 17.7 Å². The summed E-state index contributed by atoms with van der Waals surface area (Å²) in [4.78, 5) is 10.8. The second-order valence-electron chi connectivity index (χ2n) is 4.35. The molecule has 1 aromatic rings. The number of carboxylic acid groups (broad SMARTS) is 1. The Hall–Kier alpha value is -0.000260. The van der Waals surface area contributed by atoms with Crippen molar-refractivity contribution in [1.82, 2.24) is 0 Å². The zero-order chi connectivity index (χ0) is 13.0. The average Bonchev–Trinajstić information content (AvgIpc) is 3.10. The van der Waals surface area contributed by atoms with Gasteiger partial charge >= 0.3 is 43.7 Å². The molecule has 2 rings (SSSR count). The van der Waals surface area contributed by atoms with Crippen LogP contribution in [0.1, 0.15) is 19.3 Å². The van der Waals surface area contributed by atoms with Crippen molar-refractivity contribution >= 4 is 55.3 Å². The van der Waals surface area contributed by atoms with Gasteiger partial charge in [0.15, 0.2) is 5.60 Å². The summed E-state index contributed by atoms with van der Waals surface area (Å²) in [6.45, 7) is 0.882. The van der Waals surface area contributed by atoms with E-state index in [9.17, 15) is 4.79 Å². The van der Waals surface area contributed by atoms with E-state index in [0.717, 1.165) is 18.6 Å². The molecule has 0 radical (unpaired) electrons. The predicted octanol–water partition coefficient (Wildman–Crippen LogP) is 1.83. The molecule has 1 aliphatic heterocycles. The van der Waals surface area contributed by atoms with Gasteiger partial charge in [-0.05, 0) is 37.5 Å². The van der Waals surface area contributed by atoms with E-state index in [1.165, 1.54) is 0 Å². The summed E-state index contributed by atoms with van der Waals surface area (Å²) in [7, 11) is 0. The van der Waals surface area contributed by atoms with Crippen LogP contribution in [0.25, 0.3) is 0 Å². The molecule has 0 aliphatic carbocycles. The molecule has 4 nitrogen and oxygen atoms in total. The molecule has 1 atom stereocenters. The molecule has 0 bridgehead atoms. The summed E-state index contributed by atoms with van der Waals surface area (Å²) in [5, 5.41) is 9.54. The van der Waals surface area contributed by atoms with E-state index >= 15 is 0 Å². The normalized spacial score (nSPS) is 20.5. The first-order chi connectivity index (χ1) is 8.62. The van der Waals surface area contributed by atoms with Crippen molar-refractivity contribution in [1.29, 1.82) is 0 Å². The van der Waals surface area contributed by atoms with Gasteiger partial charge in [-0.2, -0.15) is 0 Å². The molecule has 0 spiro atoms. The number of carboxylic acids is 1. The molecule has 19 heavy (non-hydrogen) atoms. The first-order valence-corrected chi connectivity index (χ1v) is 6.26. The molecule has 1 unspecified atom stereocenters. The molecule has 0 amide bonds. The molecule has 1 aliphatic rings. The third-order valence-electron chi connectivity index (χ3n) is 2.92. The molecule has 102 valence electrons. The van der Waals surface area contributed by atoms with Crippen molar-refractivity contribution in [2.45, 2.75) is 24.9 Å². The Morgan fingerprint density at radius 1 is 1.47 bits per heavy atom. The van der Waals surface area contributed by atoms with Crippen LogP contribution in [-0.2, 0) is 9.53 Å². The fraction of sp³-hybridized carbons (Fsp3) is 0.462. The van der Waals surface area contributed by atoms with Crippen LogP contribution < -0.4 is 4.74 Å². The third-order valence-corrected chi connectivity index (χ3v) is 3.16. The van der Waals surface area contributed by atoms with Crippen molar-refractivity contribution < 1.29 is 19.4 Å². The number of epoxide rings is 1. The van der Waals surface area contributed by atoms with Gasteiger partial charge in [0.2, 0.25) is 0 Å². The van der Waals surface area contributed by atoms with Crippen molar-refractivity contribution in [2.75, 3.05) is 13.2 Å². The molecule has 1 aromatic carbocycles. The zero-order valence-electron chi connectivity index (χ0n) is 9.89. The van der Waals surface area contributed by atoms with Gasteiger partial charge in [0.1, 0.15) is 5.75 Å². The van der Waals surface area contributed by atoms with E-state index < -0.39 is 11.6 Å². The van der Waals surface area contributed by atoms with E-state index in [4.69, 9.17) is 26.2 Å². The van der Waals surface area contributed by atoms with Gasteiger partial charge in [0.25, 0.3) is 0 Å². The van der Waals surface area contributed by atoms with Crippen molar-refractivity contribution in [3.63, 3.8) is 0 Å². The second-order valence-corrected chi connectivity index (χ2v) is 4.79. The SMILES string of the molecule is O=C(O)C1(CCCCOc2cccc(Cl)c2)CO1.[CaH2]. The van der Waals surface area contributed by atoms with Crippen LogP contribution in [-0.4, -0.2) is 67.6 Å². The number of ether oxygens (including phenoxy) is 2. The topological polar surface area (TPSA) is 59.1 Å². The van der Waals surface area contributed by atoms with Crippen LogP contribution in [0.2, 0.25) is 5.02 Å². The molecular formula is C13H17CaClO4. The Morgan fingerprint density at radius 3 is 2.79 bits per heavy atom. The first kappa shape index (κ1) is 17.1. The summed E-state index contributed by atoms with van der Waals surface area (Å²) in [5.74, 6) is -0.128. The molecule has 6 heteroatoms. The molecule has 1 saturated heterocycles. The van der Waals surface area contributed by atoms with E-state index in [1.807, 2.05) is 12.1 Å². The molecule has 1 N–H and O–H groups in total. The maximum atomic E-state index is 10.8. The standard InChI is InChI=1S/C13H15ClO4.Ca.2H/c14-10-4-3-5-11(8-10)17-7-2-1-6-13(9-18-13)12(15)16;;;/h3-5,8H,1-2,6-7,9H2,(H,15,16);;;. The number of carbonyl (C=O) groups is 1. The number of benzene rings is 1. The quantitative estimate of drug-likeness (QED) is 0.474. The fourth-order valence-electron chi connectivity index (χ4n) is 1.72. The van der Waals surface area contributed by atoms with Crippen molar-refractivity contribution in [3.05, 3.63) is 29.3 Å². The van der Waals surface area contributed by atoms with Crippen LogP contribution >= 0.6 is 11.6 Å². The summed E-state index contributed by atoms with van der Waals surface area (Å²) >= 11 is 5.83. The second kappa shape index (κ2) is 7.70. The van der Waals surface area contributed by atoms with Crippen LogP contribution in [0, 0.1) is 0 Å². The molecule has 0 aromatic heterocycles. The van der Waals surface area contributed by atoms with Crippen molar-refractivity contribution in [3.8, 4) is 5.75 Å². The van der Waals surface area contributed by atoms with Crippen molar-refractivity contribution in [2.24, 2.45) is 0 Å². The minimum absolute atomic E-state index is 0. The summed E-state index contributed by atoms with van der Waals surface area (Å²) < 4.78 is 10.5. The van der Waals surface area contributed by atoms with Gasteiger partial charge in [-0.25, -0.2) is 4.79 Å². The molecular weight excluding hydrogens is 296 g/mol. The molecule has 0 saturated carbocycles. The minimum atomic E-state index is -0.907. The monoisotopic (exact) mass is 312 g/mol. The third kappa shape index (κ3) is 5.12. The first-order valence-electron chi connectivity index (χ1n) is 5.88. The van der Waals surface area contributed by atoms with Gasteiger partial charge in [-0.3, -0.25) is 0 Å². The van der Waals surface area contributed by atoms with Gasteiger partial charge in [-0.15, -0.1) is 0 Å². The van der Waals surface area contributed by atoms with E-state index in [2.05, 4.69) is 0 Å². The summed E-state index contributed by atoms with van der Waals surface area (Å²) in [5.41, 5.74) is -0.907. The number of unbranched alkanes of at least 4 members (excludes halogenated alkanes) is 1. The number of hydrogen-bond donors (Lipinski definition) is 1.